The summed E-state index contributed by atoms with van der Waals surface area (Å²) in [7, 11) is 0. The van der Waals surface area contributed by atoms with E-state index in [1.165, 1.54) is 6.92 Å². The molecule has 0 unspecified atom stereocenters. The third-order valence-corrected chi connectivity index (χ3v) is 17.1. The van der Waals surface area contributed by atoms with E-state index in [-0.39, 0.29) is 0 Å². The molecule has 0 aliphatic carbocycles. The first kappa shape index (κ1) is 78.4. The molecular weight excluding hydrogens is 1300 g/mol. The van der Waals surface area contributed by atoms with Crippen molar-refractivity contribution >= 4 is 29.6 Å². The minimum atomic E-state index is -3.41. The van der Waals surface area contributed by atoms with Gasteiger partial charge < -0.3 is 185 Å². The molecule has 42 heteroatoms. The van der Waals surface area contributed by atoms with Crippen molar-refractivity contribution in [2.75, 3.05) is 39.6 Å². The van der Waals surface area contributed by atoms with Crippen LogP contribution in [0.3, 0.4) is 0 Å². The summed E-state index contributed by atoms with van der Waals surface area (Å²) in [6, 6.07) is -7.29. The van der Waals surface area contributed by atoms with Gasteiger partial charge in [-0.15, -0.1) is 0 Å². The Morgan fingerprint density at radius 2 is 0.895 bits per heavy atom. The third kappa shape index (κ3) is 17.5. The van der Waals surface area contributed by atoms with Gasteiger partial charge in [0.2, 0.25) is 23.6 Å². The number of ether oxygens (including phenoxy) is 13. The van der Waals surface area contributed by atoms with Gasteiger partial charge in [0.05, 0.1) is 57.9 Å². The van der Waals surface area contributed by atoms with Crippen LogP contribution in [-0.2, 0) is 85.6 Å². The van der Waals surface area contributed by atoms with Crippen molar-refractivity contribution in [1.29, 1.82) is 0 Å². The van der Waals surface area contributed by atoms with Crippen molar-refractivity contribution in [3.63, 3.8) is 0 Å². The largest absolute Gasteiger partial charge is 0.477 e. The van der Waals surface area contributed by atoms with Crippen molar-refractivity contribution in [2.24, 2.45) is 0 Å². The molecule has 0 saturated carbocycles. The molecule has 0 aromatic heterocycles. The Hall–Kier alpha value is -3.93. The number of carboxylic acids is 1. The number of carboxylic acid groups (broad SMARTS) is 1. The fraction of sp³-hybridized carbons (Fsp3) is 0.906. The summed E-state index contributed by atoms with van der Waals surface area (Å²) in [5, 5.41) is 229. The van der Waals surface area contributed by atoms with E-state index in [1.54, 1.807) is 0 Å². The van der Waals surface area contributed by atoms with Gasteiger partial charge >= 0.3 is 5.97 Å². The lowest BCUT2D eigenvalue weighted by atomic mass is 9.88. The zero-order valence-electron chi connectivity index (χ0n) is 51.4. The zero-order valence-corrected chi connectivity index (χ0v) is 51.4. The van der Waals surface area contributed by atoms with Crippen molar-refractivity contribution in [1.82, 2.24) is 21.3 Å². The fourth-order valence-electron chi connectivity index (χ4n) is 12.2. The molecule has 4 amide bonds. The van der Waals surface area contributed by atoms with Crippen LogP contribution >= 0.6 is 0 Å². The monoisotopic (exact) mass is 1390 g/mol. The maximum atomic E-state index is 13.6. The summed E-state index contributed by atoms with van der Waals surface area (Å²) < 4.78 is 77.2. The smallest absolute Gasteiger partial charge is 0.364 e. The van der Waals surface area contributed by atoms with Crippen molar-refractivity contribution in [2.45, 2.75) is 261 Å². The zero-order chi connectivity index (χ0) is 70.6. The number of hydrogen-bond donors (Lipinski definition) is 24. The quantitative estimate of drug-likeness (QED) is 0.0404. The van der Waals surface area contributed by atoms with E-state index < -0.39 is 296 Å². The van der Waals surface area contributed by atoms with Crippen LogP contribution in [0.2, 0.25) is 0 Å². The molecule has 95 heavy (non-hydrogen) atoms. The molecule has 7 rings (SSSR count). The predicted octanol–water partition coefficient (Wildman–Crippen LogP) is -15.5. The second-order valence-electron chi connectivity index (χ2n) is 24.0. The Labute approximate surface area is 538 Å². The van der Waals surface area contributed by atoms with Gasteiger partial charge in [-0.1, -0.05) is 0 Å². The Balaban J connectivity index is 1.25. The Morgan fingerprint density at radius 1 is 0.453 bits per heavy atom. The van der Waals surface area contributed by atoms with Crippen LogP contribution in [0.4, 0.5) is 0 Å². The second-order valence-corrected chi connectivity index (χ2v) is 24.0. The van der Waals surface area contributed by atoms with Crippen LogP contribution in [-0.4, -0.2) is 392 Å². The number of aliphatic carboxylic acids is 1. The van der Waals surface area contributed by atoms with Crippen LogP contribution in [0.25, 0.3) is 0 Å². The molecule has 7 aliphatic heterocycles. The topological polar surface area (TPSA) is 658 Å². The molecule has 0 radical (unpaired) electrons. The van der Waals surface area contributed by atoms with Gasteiger partial charge in [-0.3, -0.25) is 19.2 Å². The van der Waals surface area contributed by atoms with Gasteiger partial charge in [0.1, 0.15) is 159 Å². The number of amides is 4. The van der Waals surface area contributed by atoms with Gasteiger partial charge in [-0.2, -0.15) is 0 Å². The van der Waals surface area contributed by atoms with E-state index in [1.807, 2.05) is 0 Å². The van der Waals surface area contributed by atoms with Crippen LogP contribution in [0.15, 0.2) is 0 Å². The molecule has 7 aliphatic rings. The molecule has 0 bridgehead atoms. The average Bonchev–Trinajstić information content (AvgIpc) is 0.756. The van der Waals surface area contributed by atoms with Crippen LogP contribution in [0.5, 0.6) is 0 Å². The molecule has 7 heterocycles. The minimum absolute atomic E-state index is 0.825. The number of nitrogens with one attached hydrogen (secondary N) is 4. The fourth-order valence-corrected chi connectivity index (χ4v) is 12.2. The van der Waals surface area contributed by atoms with E-state index >= 15 is 0 Å². The molecule has 0 aromatic rings. The SMILES string of the molecule is CC(=O)N[C@@H]1[C@@H](O[C@@H]2O[C@H](CO)[C@H](O[C@@H]3O[C@H](CO)[C@H](O)[C@@H](O)[C@H]3O)[C@H](O[C@]3(C(=O)O)C[C@H](O)[C@@H](NC(C)=O)[C@H]([C@H](O)[C@H](O)CO)O3)[C@H]2O)[C@@H](O)[C@@H](CO[C@@H]2O[C@H](CO)[C@@H](O[C@@H]3O[C@@H](C)[C@@H](O)[C@@H](O)[C@@H]3O)[C@H](O[C@@H]3O[C@H](CO)[C@@H](O)[C@H](O)[C@H]3NC(C)=O)[C@H]2NC(C)=O)O[C@@H]1O. The maximum absolute atomic E-state index is 13.6. The lowest BCUT2D eigenvalue weighted by Crippen LogP contribution is -2.72. The first-order valence-corrected chi connectivity index (χ1v) is 30.1. The summed E-state index contributed by atoms with van der Waals surface area (Å²) in [5.74, 6) is -9.19. The van der Waals surface area contributed by atoms with E-state index in [0.29, 0.717) is 0 Å². The number of rotatable bonds is 25. The van der Waals surface area contributed by atoms with Crippen molar-refractivity contribution in [3.05, 3.63) is 0 Å². The van der Waals surface area contributed by atoms with Gasteiger partial charge in [0, 0.05) is 34.1 Å². The molecule has 0 spiro atoms. The van der Waals surface area contributed by atoms with E-state index in [4.69, 9.17) is 61.6 Å². The predicted molar refractivity (Wildman–Crippen MR) is 294 cm³/mol. The second kappa shape index (κ2) is 33.5. The van der Waals surface area contributed by atoms with Crippen molar-refractivity contribution < 1.29 is 188 Å². The lowest BCUT2D eigenvalue weighted by molar-refractivity contribution is -0.401. The Kier molecular flexibility index (Phi) is 27.6. The number of hydrogen-bond acceptors (Lipinski definition) is 37. The first-order chi connectivity index (χ1) is 44.7. The molecule has 36 atom stereocenters. The molecule has 0 aromatic carbocycles. The summed E-state index contributed by atoms with van der Waals surface area (Å²) >= 11 is 0. The van der Waals surface area contributed by atoms with Gasteiger partial charge in [-0.25, -0.2) is 4.79 Å². The summed E-state index contributed by atoms with van der Waals surface area (Å²) in [6.45, 7) is -1.51. The summed E-state index contributed by atoms with van der Waals surface area (Å²) in [4.78, 5) is 64.5. The van der Waals surface area contributed by atoms with E-state index in [9.17, 15) is 126 Å². The minimum Gasteiger partial charge on any atom is -0.477 e. The number of carbonyl (C=O) groups excluding carboxylic acids is 4. The molecule has 24 N–H and O–H groups in total. The standard InChI is InChI=1S/C53H88N4O38/c1-13-29(69)35(75)37(77)49(84-13)90-40-22(10-61)88-47(28(57-17(5)66)44(40)93-48-26(55-15(3)64)34(74)31(71)20(8-59)86-48)83-12-24-33(73)42(27(46(80)85-24)56-16(4)65)92-51-39(79)45(41(23(11-62)89-51)91-50-38(78)36(76)32(72)21(9-60)87-50)95-53(52(81)82)6-18(67)25(54-14(2)63)43(94-53)30(70)19(68)7-58/h13,18-51,58-62,67-80H,6-12H2,1-5H3,(H,54,63)(H,55,64)(H,56,65)(H,57,66)(H,81,82)/t13-,18-,19+,20+,21+,22+,23+,24+,25+,26+,27+,28+,29+,30+,31+,32-,33-,34+,35+,36+,37-,38+,39+,40+,41-,42+,43+,44+,45+,46-,47+,48-,49-,50-,51-,53-/m0/s1. The van der Waals surface area contributed by atoms with Gasteiger partial charge in [0.25, 0.3) is 5.79 Å². The van der Waals surface area contributed by atoms with E-state index in [2.05, 4.69) is 21.3 Å². The van der Waals surface area contributed by atoms with E-state index in [0.717, 1.165) is 27.7 Å². The highest BCUT2D eigenvalue weighted by Crippen LogP contribution is 2.41. The Morgan fingerprint density at radius 3 is 1.43 bits per heavy atom. The van der Waals surface area contributed by atoms with Gasteiger partial charge in [-0.05, 0) is 6.92 Å². The highest BCUT2D eigenvalue weighted by atomic mass is 16.8. The third-order valence-electron chi connectivity index (χ3n) is 17.1. The summed E-state index contributed by atoms with van der Waals surface area (Å²) in [5.41, 5.74) is 0. The van der Waals surface area contributed by atoms with Crippen LogP contribution in [0, 0.1) is 0 Å². The summed E-state index contributed by atoms with van der Waals surface area (Å²) in [6.07, 6.45) is -65.1. The molecule has 7 saturated heterocycles. The van der Waals surface area contributed by atoms with Crippen molar-refractivity contribution in [3.8, 4) is 0 Å². The highest BCUT2D eigenvalue weighted by Gasteiger charge is 2.63. The molecule has 548 valence electrons. The molecule has 7 fully saturated rings. The average molecular weight is 1390 g/mol. The molecule has 42 nitrogen and oxygen atoms in total. The maximum Gasteiger partial charge on any atom is 0.364 e. The van der Waals surface area contributed by atoms with Crippen LogP contribution in [0.1, 0.15) is 41.0 Å². The lowest BCUT2D eigenvalue weighted by Gasteiger charge is -2.52. The number of aliphatic hydroxyl groups is 19. The highest BCUT2D eigenvalue weighted by molar-refractivity contribution is 5.77. The van der Waals surface area contributed by atoms with Crippen LogP contribution < -0.4 is 21.3 Å². The molecular formula is C53H88N4O38. The Bertz CT molecular complexity index is 2520. The normalized spacial score (nSPS) is 46.4. The number of carbonyl (C=O) groups is 5. The first-order valence-electron chi connectivity index (χ1n) is 30.1. The number of aliphatic hydroxyl groups excluding tert-OH is 19. The van der Waals surface area contributed by atoms with Gasteiger partial charge in [0.15, 0.2) is 37.7 Å².